The van der Waals surface area contributed by atoms with Crippen LogP contribution in [-0.2, 0) is 0 Å². The fourth-order valence-corrected chi connectivity index (χ4v) is 3.88. The van der Waals surface area contributed by atoms with Crippen molar-refractivity contribution in [2.45, 2.75) is 31.3 Å². The predicted molar refractivity (Wildman–Crippen MR) is 63.1 cm³/mol. The van der Waals surface area contributed by atoms with Gasteiger partial charge in [-0.1, -0.05) is 13.8 Å². The Balaban J connectivity index is 3.34. The minimum atomic E-state index is 0.789. The molecule has 68 valence electrons. The van der Waals surface area contributed by atoms with Crippen molar-refractivity contribution in [3.05, 3.63) is 0 Å². The summed E-state index contributed by atoms with van der Waals surface area (Å²) in [5.74, 6) is 3.55. The first kappa shape index (κ1) is 12.0. The van der Waals surface area contributed by atoms with Crippen LogP contribution in [0.1, 0.15) is 26.7 Å². The quantitative estimate of drug-likeness (QED) is 0.504. The summed E-state index contributed by atoms with van der Waals surface area (Å²) in [4.78, 5) is 0. The van der Waals surface area contributed by atoms with Gasteiger partial charge in [-0.3, -0.25) is 0 Å². The lowest BCUT2D eigenvalue weighted by Crippen LogP contribution is -1.99. The van der Waals surface area contributed by atoms with Crippen LogP contribution in [0, 0.1) is 0 Å². The molecule has 0 rings (SSSR count). The van der Waals surface area contributed by atoms with Gasteiger partial charge in [0.2, 0.25) is 0 Å². The molecule has 0 aliphatic rings. The van der Waals surface area contributed by atoms with E-state index in [1.165, 1.54) is 24.3 Å². The minimum Gasteiger partial charge on any atom is -0.179 e. The van der Waals surface area contributed by atoms with E-state index in [2.05, 4.69) is 50.0 Å². The van der Waals surface area contributed by atoms with E-state index in [1.54, 1.807) is 0 Å². The van der Waals surface area contributed by atoms with Crippen molar-refractivity contribution in [2.75, 3.05) is 17.3 Å². The Morgan fingerprint density at radius 1 is 1.27 bits per heavy atom. The second-order valence-corrected chi connectivity index (χ2v) is 5.80. The third-order valence-electron chi connectivity index (χ3n) is 1.23. The summed E-state index contributed by atoms with van der Waals surface area (Å²) in [5.41, 5.74) is 0. The molecule has 11 heavy (non-hydrogen) atoms. The standard InChI is InChI=1S/C8H18S3/c1-3-7-11-8(5-6-9)10-4-2/h8-9H,3-7H2,1-2H3. The molecule has 1 unspecified atom stereocenters. The average molecular weight is 210 g/mol. The summed E-state index contributed by atoms with van der Waals surface area (Å²) >= 11 is 8.39. The molecule has 1 atom stereocenters. The molecule has 0 aliphatic carbocycles. The third-order valence-corrected chi connectivity index (χ3v) is 4.49. The highest BCUT2D eigenvalue weighted by atomic mass is 32.2. The Labute approximate surface area is 84.7 Å². The van der Waals surface area contributed by atoms with Crippen molar-refractivity contribution >= 4 is 36.2 Å². The smallest absolute Gasteiger partial charge is 0.0510 e. The Kier molecular flexibility index (Phi) is 10.0. The first-order chi connectivity index (χ1) is 5.35. The molecule has 0 radical (unpaired) electrons. The van der Waals surface area contributed by atoms with Crippen LogP contribution in [0.15, 0.2) is 0 Å². The number of thioether (sulfide) groups is 2. The summed E-state index contributed by atoms with van der Waals surface area (Å²) in [6.45, 7) is 4.46. The second-order valence-electron chi connectivity index (χ2n) is 2.27. The fraction of sp³-hybridized carbons (Fsp3) is 1.00. The SMILES string of the molecule is CCCSC(CCS)SCC. The van der Waals surface area contributed by atoms with E-state index < -0.39 is 0 Å². The van der Waals surface area contributed by atoms with Gasteiger partial charge < -0.3 is 0 Å². The van der Waals surface area contributed by atoms with Crippen molar-refractivity contribution in [3.63, 3.8) is 0 Å². The lowest BCUT2D eigenvalue weighted by molar-refractivity contribution is 1.05. The van der Waals surface area contributed by atoms with Crippen molar-refractivity contribution < 1.29 is 0 Å². The molecule has 0 aromatic heterocycles. The molecular formula is C8H18S3. The van der Waals surface area contributed by atoms with Gasteiger partial charge in [-0.25, -0.2) is 0 Å². The summed E-state index contributed by atoms with van der Waals surface area (Å²) in [6, 6.07) is 0. The van der Waals surface area contributed by atoms with Gasteiger partial charge in [0.1, 0.15) is 0 Å². The predicted octanol–water partition coefficient (Wildman–Crippen LogP) is 3.53. The summed E-state index contributed by atoms with van der Waals surface area (Å²) in [5, 5.41) is 0. The van der Waals surface area contributed by atoms with Crippen LogP contribution in [-0.4, -0.2) is 21.8 Å². The summed E-state index contributed by atoms with van der Waals surface area (Å²) in [7, 11) is 0. The lowest BCUT2D eigenvalue weighted by atomic mass is 10.6. The zero-order chi connectivity index (χ0) is 8.53. The van der Waals surface area contributed by atoms with E-state index in [-0.39, 0.29) is 0 Å². The van der Waals surface area contributed by atoms with Crippen molar-refractivity contribution in [1.29, 1.82) is 0 Å². The molecule has 0 amide bonds. The largest absolute Gasteiger partial charge is 0.179 e. The first-order valence-corrected chi connectivity index (χ1v) is 6.92. The van der Waals surface area contributed by atoms with Gasteiger partial charge in [-0.05, 0) is 30.1 Å². The van der Waals surface area contributed by atoms with Crippen molar-refractivity contribution in [1.82, 2.24) is 0 Å². The lowest BCUT2D eigenvalue weighted by Gasteiger charge is -2.12. The van der Waals surface area contributed by atoms with Crippen LogP contribution in [0.5, 0.6) is 0 Å². The monoisotopic (exact) mass is 210 g/mol. The zero-order valence-electron chi connectivity index (χ0n) is 7.38. The number of hydrogen-bond donors (Lipinski definition) is 1. The minimum absolute atomic E-state index is 0.789. The Bertz CT molecular complexity index is 69.7. The molecular weight excluding hydrogens is 192 g/mol. The Morgan fingerprint density at radius 2 is 2.00 bits per heavy atom. The number of hydrogen-bond acceptors (Lipinski definition) is 3. The highest BCUT2D eigenvalue weighted by Crippen LogP contribution is 2.27. The fourth-order valence-electron chi connectivity index (χ4n) is 0.755. The van der Waals surface area contributed by atoms with Crippen LogP contribution in [0.4, 0.5) is 0 Å². The third kappa shape index (κ3) is 7.41. The maximum atomic E-state index is 4.25. The highest BCUT2D eigenvalue weighted by molar-refractivity contribution is 8.17. The van der Waals surface area contributed by atoms with Crippen LogP contribution in [0.3, 0.4) is 0 Å². The van der Waals surface area contributed by atoms with Gasteiger partial charge in [0.25, 0.3) is 0 Å². The van der Waals surface area contributed by atoms with Crippen molar-refractivity contribution in [2.24, 2.45) is 0 Å². The maximum Gasteiger partial charge on any atom is 0.0510 e. The molecule has 0 heterocycles. The van der Waals surface area contributed by atoms with Crippen LogP contribution >= 0.6 is 36.2 Å². The second kappa shape index (κ2) is 9.14. The van der Waals surface area contributed by atoms with E-state index in [1.807, 2.05) is 0 Å². The van der Waals surface area contributed by atoms with E-state index in [4.69, 9.17) is 0 Å². The summed E-state index contributed by atoms with van der Waals surface area (Å²) < 4.78 is 0.789. The number of rotatable bonds is 7. The topological polar surface area (TPSA) is 0 Å². The van der Waals surface area contributed by atoms with E-state index in [9.17, 15) is 0 Å². The molecule has 0 N–H and O–H groups in total. The maximum absolute atomic E-state index is 4.25. The van der Waals surface area contributed by atoms with Gasteiger partial charge in [-0.2, -0.15) is 12.6 Å². The molecule has 0 aliphatic heterocycles. The zero-order valence-corrected chi connectivity index (χ0v) is 9.90. The molecule has 0 aromatic carbocycles. The van der Waals surface area contributed by atoms with E-state index in [0.29, 0.717) is 0 Å². The molecule has 0 saturated carbocycles. The Morgan fingerprint density at radius 3 is 2.45 bits per heavy atom. The first-order valence-electron chi connectivity index (χ1n) is 4.19. The van der Waals surface area contributed by atoms with Crippen molar-refractivity contribution in [3.8, 4) is 0 Å². The summed E-state index contributed by atoms with van der Waals surface area (Å²) in [6.07, 6.45) is 2.53. The van der Waals surface area contributed by atoms with Gasteiger partial charge >= 0.3 is 0 Å². The highest BCUT2D eigenvalue weighted by Gasteiger charge is 2.05. The normalized spacial score (nSPS) is 13.4. The number of thiol groups is 1. The van der Waals surface area contributed by atoms with Gasteiger partial charge in [-0.15, -0.1) is 23.5 Å². The molecule has 3 heteroatoms. The Hall–Kier alpha value is 1.05. The van der Waals surface area contributed by atoms with Gasteiger partial charge in [0.05, 0.1) is 4.58 Å². The van der Waals surface area contributed by atoms with Crippen LogP contribution in [0.25, 0.3) is 0 Å². The van der Waals surface area contributed by atoms with Crippen LogP contribution in [0.2, 0.25) is 0 Å². The molecule has 0 spiro atoms. The molecule has 0 aromatic rings. The molecule has 0 nitrogen and oxygen atoms in total. The van der Waals surface area contributed by atoms with Gasteiger partial charge in [0.15, 0.2) is 0 Å². The molecule has 0 bridgehead atoms. The van der Waals surface area contributed by atoms with E-state index >= 15 is 0 Å². The van der Waals surface area contributed by atoms with Crippen LogP contribution < -0.4 is 0 Å². The van der Waals surface area contributed by atoms with E-state index in [0.717, 1.165) is 10.3 Å². The molecule has 0 saturated heterocycles. The average Bonchev–Trinajstić information content (AvgIpc) is 2.01. The molecule has 0 fully saturated rings. The van der Waals surface area contributed by atoms with Gasteiger partial charge in [0, 0.05) is 0 Å².